The minimum atomic E-state index is -0.531. The maximum atomic E-state index is 13.7. The molecule has 1 aromatic heterocycles. The van der Waals surface area contributed by atoms with Gasteiger partial charge in [-0.25, -0.2) is 4.68 Å². The van der Waals surface area contributed by atoms with Gasteiger partial charge < -0.3 is 20.5 Å². The largest absolute Gasteiger partial charge is 0.508 e. The van der Waals surface area contributed by atoms with Crippen LogP contribution in [-0.4, -0.2) is 32.9 Å². The first kappa shape index (κ1) is 22.7. The molecule has 1 atom stereocenters. The van der Waals surface area contributed by atoms with Gasteiger partial charge in [-0.1, -0.05) is 40.2 Å². The van der Waals surface area contributed by atoms with Crippen molar-refractivity contribution in [1.29, 1.82) is 0 Å². The molecule has 3 aromatic carbocycles. The van der Waals surface area contributed by atoms with Gasteiger partial charge in [0.15, 0.2) is 5.82 Å². The molecule has 8 nitrogen and oxygen atoms in total. The van der Waals surface area contributed by atoms with Crippen molar-refractivity contribution in [2.24, 2.45) is 0 Å². The van der Waals surface area contributed by atoms with Crippen LogP contribution in [0.1, 0.15) is 18.5 Å². The third-order valence-corrected chi connectivity index (χ3v) is 6.24. The van der Waals surface area contributed by atoms with Crippen molar-refractivity contribution >= 4 is 33.5 Å². The molecule has 0 aliphatic carbocycles. The Morgan fingerprint density at radius 3 is 2.63 bits per heavy atom. The van der Waals surface area contributed by atoms with Crippen molar-refractivity contribution in [2.75, 3.05) is 17.7 Å². The topological polar surface area (TPSA) is 101 Å². The molecule has 5 rings (SSSR count). The summed E-state index contributed by atoms with van der Waals surface area (Å²) in [6, 6.07) is 21.2. The lowest BCUT2D eigenvalue weighted by Crippen LogP contribution is -2.31. The Balaban J connectivity index is 1.60. The van der Waals surface area contributed by atoms with E-state index in [-0.39, 0.29) is 11.7 Å². The summed E-state index contributed by atoms with van der Waals surface area (Å²) in [7, 11) is 1.56. The summed E-state index contributed by atoms with van der Waals surface area (Å²) in [4.78, 5) is 18.3. The van der Waals surface area contributed by atoms with Gasteiger partial charge in [0, 0.05) is 15.7 Å². The number of amides is 1. The minimum Gasteiger partial charge on any atom is -0.508 e. The number of benzene rings is 3. The van der Waals surface area contributed by atoms with E-state index in [4.69, 9.17) is 9.84 Å². The first-order valence-electron chi connectivity index (χ1n) is 10.9. The highest BCUT2D eigenvalue weighted by molar-refractivity contribution is 9.10. The molecule has 0 saturated heterocycles. The highest BCUT2D eigenvalue weighted by atomic mass is 79.9. The van der Waals surface area contributed by atoms with Crippen LogP contribution >= 0.6 is 15.9 Å². The van der Waals surface area contributed by atoms with E-state index in [1.54, 1.807) is 48.2 Å². The number of phenolic OH excluding ortho intramolecular Hbond substituents is 1. The fourth-order valence-electron chi connectivity index (χ4n) is 4.10. The first-order valence-corrected chi connectivity index (χ1v) is 11.7. The number of nitrogens with one attached hydrogen (secondary N) is 2. The molecule has 0 bridgehead atoms. The summed E-state index contributed by atoms with van der Waals surface area (Å²) in [6.45, 7) is 1.85. The number of fused-ring (bicyclic) bond motifs is 1. The van der Waals surface area contributed by atoms with E-state index in [1.165, 1.54) is 0 Å². The highest BCUT2D eigenvalue weighted by Gasteiger charge is 2.34. The van der Waals surface area contributed by atoms with Crippen LogP contribution in [0.5, 0.6) is 11.5 Å². The van der Waals surface area contributed by atoms with E-state index < -0.39 is 6.04 Å². The SMILES string of the molecule is COc1ccccc1NC(=O)C1=C(C)Nc2nc(-c3ccc(O)cc3)nn2C1c1cccc(Br)c1. The van der Waals surface area contributed by atoms with Crippen LogP contribution in [0.3, 0.4) is 0 Å². The number of aromatic nitrogens is 3. The number of rotatable bonds is 5. The van der Waals surface area contributed by atoms with E-state index in [2.05, 4.69) is 31.5 Å². The van der Waals surface area contributed by atoms with Crippen molar-refractivity contribution < 1.29 is 14.6 Å². The maximum Gasteiger partial charge on any atom is 0.255 e. The lowest BCUT2D eigenvalue weighted by molar-refractivity contribution is -0.113. The predicted octanol–water partition coefficient (Wildman–Crippen LogP) is 5.35. The summed E-state index contributed by atoms with van der Waals surface area (Å²) in [5.41, 5.74) is 3.36. The second-order valence-electron chi connectivity index (χ2n) is 8.03. The standard InChI is InChI=1S/C26H22BrN5O3/c1-15-22(25(34)29-20-8-3-4-9-21(20)35-2)23(17-6-5-7-18(27)14-17)32-26(28-15)30-24(31-32)16-10-12-19(33)13-11-16/h3-14,23,33H,1-2H3,(H,29,34)(H,28,30,31). The summed E-state index contributed by atoms with van der Waals surface area (Å²) in [6.07, 6.45) is 0. The van der Waals surface area contributed by atoms with Crippen LogP contribution in [0.15, 0.2) is 88.5 Å². The van der Waals surface area contributed by atoms with Crippen LogP contribution in [-0.2, 0) is 4.79 Å². The Morgan fingerprint density at radius 1 is 1.11 bits per heavy atom. The quantitative estimate of drug-likeness (QED) is 0.321. The fraction of sp³-hybridized carbons (Fsp3) is 0.115. The molecule has 176 valence electrons. The molecule has 0 radical (unpaired) electrons. The van der Waals surface area contributed by atoms with Crippen LogP contribution in [0, 0.1) is 0 Å². The van der Waals surface area contributed by atoms with Gasteiger partial charge in [0.2, 0.25) is 5.95 Å². The summed E-state index contributed by atoms with van der Waals surface area (Å²) in [5.74, 6) is 1.45. The number of halogens is 1. The molecule has 1 amide bonds. The van der Waals surface area contributed by atoms with E-state index in [0.717, 1.165) is 15.6 Å². The molecule has 3 N–H and O–H groups in total. The zero-order valence-corrected chi connectivity index (χ0v) is 20.6. The van der Waals surface area contributed by atoms with Crippen molar-refractivity contribution in [2.45, 2.75) is 13.0 Å². The monoisotopic (exact) mass is 531 g/mol. The molecular formula is C26H22BrN5O3. The fourth-order valence-corrected chi connectivity index (χ4v) is 4.52. The normalized spacial score (nSPS) is 14.8. The third kappa shape index (κ3) is 4.38. The molecular weight excluding hydrogens is 510 g/mol. The van der Waals surface area contributed by atoms with E-state index in [0.29, 0.717) is 34.5 Å². The lowest BCUT2D eigenvalue weighted by Gasteiger charge is -2.29. The number of anilines is 2. The highest BCUT2D eigenvalue weighted by Crippen LogP contribution is 2.38. The van der Waals surface area contributed by atoms with Gasteiger partial charge in [0.05, 0.1) is 18.4 Å². The number of ether oxygens (including phenoxy) is 1. The molecule has 1 unspecified atom stereocenters. The van der Waals surface area contributed by atoms with Gasteiger partial charge in [-0.2, -0.15) is 4.98 Å². The number of carbonyl (C=O) groups excluding carboxylic acids is 1. The number of para-hydroxylation sites is 2. The number of aromatic hydroxyl groups is 1. The summed E-state index contributed by atoms with van der Waals surface area (Å²) >= 11 is 3.54. The van der Waals surface area contributed by atoms with E-state index in [9.17, 15) is 9.90 Å². The Kier molecular flexibility index (Phi) is 6.00. The van der Waals surface area contributed by atoms with Crippen LogP contribution in [0.4, 0.5) is 11.6 Å². The predicted molar refractivity (Wildman–Crippen MR) is 137 cm³/mol. The van der Waals surface area contributed by atoms with Crippen LogP contribution in [0.25, 0.3) is 11.4 Å². The van der Waals surface area contributed by atoms with Crippen molar-refractivity contribution in [3.63, 3.8) is 0 Å². The van der Waals surface area contributed by atoms with Crippen molar-refractivity contribution in [3.05, 3.63) is 94.1 Å². The molecule has 0 fully saturated rings. The molecule has 4 aromatic rings. The number of hydrogen-bond donors (Lipinski definition) is 3. The molecule has 0 saturated carbocycles. The van der Waals surface area contributed by atoms with Crippen molar-refractivity contribution in [3.8, 4) is 22.9 Å². The molecule has 9 heteroatoms. The number of nitrogens with zero attached hydrogens (tertiary/aromatic N) is 3. The Bertz CT molecular complexity index is 1450. The van der Waals surface area contributed by atoms with Gasteiger partial charge >= 0.3 is 0 Å². The van der Waals surface area contributed by atoms with Gasteiger partial charge in [-0.05, 0) is 61.0 Å². The third-order valence-electron chi connectivity index (χ3n) is 5.74. The lowest BCUT2D eigenvalue weighted by atomic mass is 9.95. The zero-order valence-electron chi connectivity index (χ0n) is 19.0. The molecule has 1 aliphatic heterocycles. The van der Waals surface area contributed by atoms with Crippen LogP contribution < -0.4 is 15.4 Å². The number of phenols is 1. The molecule has 0 spiro atoms. The Morgan fingerprint density at radius 2 is 1.89 bits per heavy atom. The Hall–Kier alpha value is -4.11. The second-order valence-corrected chi connectivity index (χ2v) is 8.94. The molecule has 35 heavy (non-hydrogen) atoms. The molecule has 2 heterocycles. The molecule has 1 aliphatic rings. The maximum absolute atomic E-state index is 13.7. The van der Waals surface area contributed by atoms with Gasteiger partial charge in [-0.3, -0.25) is 4.79 Å². The van der Waals surface area contributed by atoms with Crippen molar-refractivity contribution in [1.82, 2.24) is 14.8 Å². The number of hydrogen-bond acceptors (Lipinski definition) is 6. The average molecular weight is 532 g/mol. The first-order chi connectivity index (χ1) is 16.9. The van der Waals surface area contributed by atoms with Crippen LogP contribution in [0.2, 0.25) is 0 Å². The van der Waals surface area contributed by atoms with Gasteiger partial charge in [-0.15, -0.1) is 5.10 Å². The smallest absolute Gasteiger partial charge is 0.255 e. The summed E-state index contributed by atoms with van der Waals surface area (Å²) < 4.78 is 8.01. The van der Waals surface area contributed by atoms with Gasteiger partial charge in [0.25, 0.3) is 5.91 Å². The van der Waals surface area contributed by atoms with E-state index in [1.807, 2.05) is 43.3 Å². The minimum absolute atomic E-state index is 0.163. The summed E-state index contributed by atoms with van der Waals surface area (Å²) in [5, 5.41) is 20.6. The number of methoxy groups -OCH3 is 1. The number of allylic oxidation sites excluding steroid dienone is 1. The Labute approximate surface area is 210 Å². The van der Waals surface area contributed by atoms with E-state index >= 15 is 0 Å². The van der Waals surface area contributed by atoms with Gasteiger partial charge in [0.1, 0.15) is 17.5 Å². The second kappa shape index (κ2) is 9.27. The number of carbonyl (C=O) groups is 1. The average Bonchev–Trinajstić information content (AvgIpc) is 3.27. The zero-order chi connectivity index (χ0) is 24.5.